The van der Waals surface area contributed by atoms with Crippen LogP contribution >= 0.6 is 11.8 Å². The number of rotatable bonds is 7. The molecule has 0 spiro atoms. The van der Waals surface area contributed by atoms with Crippen molar-refractivity contribution in [2.24, 2.45) is 5.92 Å². The zero-order valence-corrected chi connectivity index (χ0v) is 8.96. The molecule has 0 radical (unpaired) electrons. The highest BCUT2D eigenvalue weighted by Gasteiger charge is 2.15. The lowest BCUT2D eigenvalue weighted by molar-refractivity contribution is 0.293. The summed E-state index contributed by atoms with van der Waals surface area (Å²) in [6.07, 6.45) is 5.88. The lowest BCUT2D eigenvalue weighted by Gasteiger charge is -2.25. The summed E-state index contributed by atoms with van der Waals surface area (Å²) in [6, 6.07) is 0. The molecule has 1 nitrogen and oxygen atoms in total. The van der Waals surface area contributed by atoms with E-state index in [4.69, 9.17) is 0 Å². The van der Waals surface area contributed by atoms with Crippen molar-refractivity contribution in [1.29, 1.82) is 0 Å². The minimum Gasteiger partial charge on any atom is -0.316 e. The van der Waals surface area contributed by atoms with Gasteiger partial charge in [-0.05, 0) is 24.6 Å². The third-order valence-corrected chi connectivity index (χ3v) is 3.48. The SMILES string of the molecule is CCSCCNCCC1CCC1. The Bertz CT molecular complexity index is 102. The number of hydrogen-bond donors (Lipinski definition) is 1. The average Bonchev–Trinajstić information content (AvgIpc) is 2.00. The fourth-order valence-electron chi connectivity index (χ4n) is 1.50. The first kappa shape index (κ1) is 10.4. The van der Waals surface area contributed by atoms with E-state index in [1.807, 2.05) is 11.8 Å². The number of hydrogen-bond acceptors (Lipinski definition) is 2. The highest BCUT2D eigenvalue weighted by Crippen LogP contribution is 2.28. The highest BCUT2D eigenvalue weighted by atomic mass is 32.2. The molecule has 0 aromatic carbocycles. The van der Waals surface area contributed by atoms with E-state index in [1.165, 1.54) is 50.3 Å². The second kappa shape index (κ2) is 6.79. The van der Waals surface area contributed by atoms with Crippen molar-refractivity contribution in [2.75, 3.05) is 24.6 Å². The van der Waals surface area contributed by atoms with Crippen molar-refractivity contribution in [2.45, 2.75) is 32.6 Å². The van der Waals surface area contributed by atoms with E-state index in [2.05, 4.69) is 12.2 Å². The lowest BCUT2D eigenvalue weighted by atomic mass is 9.83. The predicted molar refractivity (Wildman–Crippen MR) is 57.8 cm³/mol. The maximum absolute atomic E-state index is 3.50. The van der Waals surface area contributed by atoms with Gasteiger partial charge in [-0.25, -0.2) is 0 Å². The molecule has 0 atom stereocenters. The van der Waals surface area contributed by atoms with Crippen LogP contribution < -0.4 is 5.32 Å². The molecule has 1 aliphatic rings. The van der Waals surface area contributed by atoms with Gasteiger partial charge in [-0.1, -0.05) is 26.2 Å². The molecule has 72 valence electrons. The Morgan fingerprint density at radius 2 is 2.17 bits per heavy atom. The molecule has 0 heterocycles. The van der Waals surface area contributed by atoms with Gasteiger partial charge >= 0.3 is 0 Å². The molecule has 0 aromatic rings. The number of nitrogens with one attached hydrogen (secondary N) is 1. The maximum Gasteiger partial charge on any atom is 0.00579 e. The fourth-order valence-corrected chi connectivity index (χ4v) is 2.08. The first-order chi connectivity index (χ1) is 5.93. The summed E-state index contributed by atoms with van der Waals surface area (Å²) >= 11 is 2.02. The summed E-state index contributed by atoms with van der Waals surface area (Å²) in [5.41, 5.74) is 0. The normalized spacial score (nSPS) is 17.8. The highest BCUT2D eigenvalue weighted by molar-refractivity contribution is 7.99. The van der Waals surface area contributed by atoms with Gasteiger partial charge in [-0.15, -0.1) is 0 Å². The van der Waals surface area contributed by atoms with Crippen LogP contribution in [0.3, 0.4) is 0 Å². The summed E-state index contributed by atoms with van der Waals surface area (Å²) in [6.45, 7) is 4.67. The van der Waals surface area contributed by atoms with Crippen LogP contribution in [0.2, 0.25) is 0 Å². The second-order valence-electron chi connectivity index (χ2n) is 3.53. The van der Waals surface area contributed by atoms with E-state index < -0.39 is 0 Å². The Kier molecular flexibility index (Phi) is 5.88. The Balaban J connectivity index is 1.70. The van der Waals surface area contributed by atoms with Gasteiger partial charge in [0, 0.05) is 12.3 Å². The van der Waals surface area contributed by atoms with Crippen LogP contribution in [0, 0.1) is 5.92 Å². The van der Waals surface area contributed by atoms with Gasteiger partial charge in [0.15, 0.2) is 0 Å². The smallest absolute Gasteiger partial charge is 0.00579 e. The zero-order chi connectivity index (χ0) is 8.65. The van der Waals surface area contributed by atoms with Crippen LogP contribution in [-0.2, 0) is 0 Å². The monoisotopic (exact) mass is 187 g/mol. The molecule has 0 amide bonds. The van der Waals surface area contributed by atoms with E-state index in [0.29, 0.717) is 0 Å². The van der Waals surface area contributed by atoms with E-state index in [1.54, 1.807) is 0 Å². The van der Waals surface area contributed by atoms with Crippen molar-refractivity contribution >= 4 is 11.8 Å². The number of thioether (sulfide) groups is 1. The van der Waals surface area contributed by atoms with Crippen molar-refractivity contribution in [1.82, 2.24) is 5.32 Å². The van der Waals surface area contributed by atoms with Crippen molar-refractivity contribution < 1.29 is 0 Å². The minimum atomic E-state index is 1.07. The second-order valence-corrected chi connectivity index (χ2v) is 4.93. The van der Waals surface area contributed by atoms with Gasteiger partial charge in [0.25, 0.3) is 0 Å². The predicted octanol–water partition coefficient (Wildman–Crippen LogP) is 2.52. The maximum atomic E-state index is 3.50. The molecule has 1 N–H and O–H groups in total. The van der Waals surface area contributed by atoms with Crippen LogP contribution in [0.25, 0.3) is 0 Å². The molecule has 1 saturated carbocycles. The van der Waals surface area contributed by atoms with Crippen molar-refractivity contribution in [3.8, 4) is 0 Å². The first-order valence-corrected chi connectivity index (χ1v) is 6.37. The fraction of sp³-hybridized carbons (Fsp3) is 1.00. The molecule has 0 aliphatic heterocycles. The van der Waals surface area contributed by atoms with E-state index >= 15 is 0 Å². The van der Waals surface area contributed by atoms with Crippen molar-refractivity contribution in [3.63, 3.8) is 0 Å². The molecule has 12 heavy (non-hydrogen) atoms. The largest absolute Gasteiger partial charge is 0.316 e. The Hall–Kier alpha value is 0.310. The first-order valence-electron chi connectivity index (χ1n) is 5.22. The zero-order valence-electron chi connectivity index (χ0n) is 8.14. The van der Waals surface area contributed by atoms with Crippen molar-refractivity contribution in [3.05, 3.63) is 0 Å². The summed E-state index contributed by atoms with van der Waals surface area (Å²) < 4.78 is 0. The van der Waals surface area contributed by atoms with E-state index in [-0.39, 0.29) is 0 Å². The molecule has 0 unspecified atom stereocenters. The quantitative estimate of drug-likeness (QED) is 0.615. The van der Waals surface area contributed by atoms with Gasteiger partial charge in [-0.2, -0.15) is 11.8 Å². The van der Waals surface area contributed by atoms with Crippen LogP contribution in [0.15, 0.2) is 0 Å². The Morgan fingerprint density at radius 1 is 1.33 bits per heavy atom. The Morgan fingerprint density at radius 3 is 2.75 bits per heavy atom. The molecule has 0 aromatic heterocycles. The third kappa shape index (κ3) is 4.36. The Labute approximate surface area is 80.7 Å². The molecule has 0 bridgehead atoms. The topological polar surface area (TPSA) is 12.0 Å². The molecular formula is C10H21NS. The summed E-state index contributed by atoms with van der Waals surface area (Å²) in [5, 5.41) is 3.50. The van der Waals surface area contributed by atoms with Crippen LogP contribution in [-0.4, -0.2) is 24.6 Å². The lowest BCUT2D eigenvalue weighted by Crippen LogP contribution is -2.23. The molecule has 1 aliphatic carbocycles. The summed E-state index contributed by atoms with van der Waals surface area (Å²) in [5.74, 6) is 3.60. The molecule has 2 heteroatoms. The van der Waals surface area contributed by atoms with Gasteiger partial charge in [0.05, 0.1) is 0 Å². The van der Waals surface area contributed by atoms with Crippen LogP contribution in [0.4, 0.5) is 0 Å². The van der Waals surface area contributed by atoms with E-state index in [9.17, 15) is 0 Å². The van der Waals surface area contributed by atoms with Gasteiger partial charge in [0.1, 0.15) is 0 Å². The summed E-state index contributed by atoms with van der Waals surface area (Å²) in [7, 11) is 0. The standard InChI is InChI=1S/C10H21NS/c1-2-12-9-8-11-7-6-10-4-3-5-10/h10-11H,2-9H2,1H3. The van der Waals surface area contributed by atoms with Crippen LogP contribution in [0.1, 0.15) is 32.6 Å². The third-order valence-electron chi connectivity index (χ3n) is 2.58. The van der Waals surface area contributed by atoms with Gasteiger partial charge in [0.2, 0.25) is 0 Å². The molecular weight excluding hydrogens is 166 g/mol. The average molecular weight is 187 g/mol. The summed E-state index contributed by atoms with van der Waals surface area (Å²) in [4.78, 5) is 0. The van der Waals surface area contributed by atoms with Gasteiger partial charge < -0.3 is 5.32 Å². The molecule has 1 fully saturated rings. The van der Waals surface area contributed by atoms with Gasteiger partial charge in [-0.3, -0.25) is 0 Å². The van der Waals surface area contributed by atoms with Crippen LogP contribution in [0.5, 0.6) is 0 Å². The minimum absolute atomic E-state index is 1.07. The molecule has 1 rings (SSSR count). The molecule has 0 saturated heterocycles. The van der Waals surface area contributed by atoms with E-state index in [0.717, 1.165) is 5.92 Å².